The number of halogens is 2. The SMILES string of the molecule is CN(c1ccccc1C(N)=S)c1ncc(Cl)cc1Br. The van der Waals surface area contributed by atoms with Gasteiger partial charge in [-0.25, -0.2) is 4.98 Å². The van der Waals surface area contributed by atoms with Gasteiger partial charge in [-0.05, 0) is 34.1 Å². The first-order valence-corrected chi connectivity index (χ1v) is 7.02. The number of nitrogens with two attached hydrogens (primary N) is 1. The summed E-state index contributed by atoms with van der Waals surface area (Å²) in [6.45, 7) is 0. The van der Waals surface area contributed by atoms with Crippen molar-refractivity contribution in [3.05, 3.63) is 51.6 Å². The Morgan fingerprint density at radius 1 is 1.42 bits per heavy atom. The normalized spacial score (nSPS) is 10.3. The second kappa shape index (κ2) is 5.86. The molecular formula is C13H11BrClN3S. The number of hydrogen-bond donors (Lipinski definition) is 1. The fraction of sp³-hybridized carbons (Fsp3) is 0.0769. The van der Waals surface area contributed by atoms with Crippen molar-refractivity contribution in [2.75, 3.05) is 11.9 Å². The first-order valence-electron chi connectivity index (χ1n) is 5.44. The van der Waals surface area contributed by atoms with Gasteiger partial charge in [0.05, 0.1) is 15.2 Å². The van der Waals surface area contributed by atoms with Crippen LogP contribution < -0.4 is 10.6 Å². The predicted molar refractivity (Wildman–Crippen MR) is 87.3 cm³/mol. The Hall–Kier alpha value is -1.17. The van der Waals surface area contributed by atoms with Crippen LogP contribution in [0.1, 0.15) is 5.56 Å². The van der Waals surface area contributed by atoms with Gasteiger partial charge in [0.1, 0.15) is 10.8 Å². The van der Waals surface area contributed by atoms with E-state index in [-0.39, 0.29) is 0 Å². The zero-order chi connectivity index (χ0) is 14.0. The Morgan fingerprint density at radius 3 is 2.74 bits per heavy atom. The fourth-order valence-corrected chi connectivity index (χ4v) is 2.82. The second-order valence-corrected chi connectivity index (χ2v) is 5.63. The van der Waals surface area contributed by atoms with Crippen LogP contribution >= 0.6 is 39.7 Å². The molecular weight excluding hydrogens is 346 g/mol. The molecule has 2 aromatic rings. The molecule has 0 radical (unpaired) electrons. The Bertz CT molecular complexity index is 633. The summed E-state index contributed by atoms with van der Waals surface area (Å²) in [4.78, 5) is 6.58. The minimum Gasteiger partial charge on any atom is -0.389 e. The van der Waals surface area contributed by atoms with Crippen LogP contribution in [0.25, 0.3) is 0 Å². The molecule has 2 rings (SSSR count). The standard InChI is InChI=1S/C13H11BrClN3S/c1-18(13-10(14)6-8(15)7-17-13)11-5-3-2-4-9(11)12(16)19/h2-7H,1H3,(H2,16,19). The molecule has 0 bridgehead atoms. The summed E-state index contributed by atoms with van der Waals surface area (Å²) in [5.74, 6) is 0.744. The quantitative estimate of drug-likeness (QED) is 0.847. The molecule has 1 aromatic carbocycles. The van der Waals surface area contributed by atoms with Crippen molar-refractivity contribution in [1.82, 2.24) is 4.98 Å². The average Bonchev–Trinajstić information content (AvgIpc) is 2.38. The summed E-state index contributed by atoms with van der Waals surface area (Å²) in [7, 11) is 1.90. The van der Waals surface area contributed by atoms with Crippen LogP contribution in [0.5, 0.6) is 0 Å². The van der Waals surface area contributed by atoms with E-state index in [0.29, 0.717) is 10.0 Å². The molecule has 98 valence electrons. The van der Waals surface area contributed by atoms with E-state index in [1.165, 1.54) is 0 Å². The van der Waals surface area contributed by atoms with Crippen molar-refractivity contribution >= 4 is 56.2 Å². The maximum atomic E-state index is 5.90. The number of para-hydroxylation sites is 1. The van der Waals surface area contributed by atoms with Gasteiger partial charge in [-0.2, -0.15) is 0 Å². The smallest absolute Gasteiger partial charge is 0.147 e. The summed E-state index contributed by atoms with van der Waals surface area (Å²) in [5, 5.41) is 0.576. The lowest BCUT2D eigenvalue weighted by Crippen LogP contribution is -2.18. The molecule has 0 saturated heterocycles. The molecule has 1 aromatic heterocycles. The highest BCUT2D eigenvalue weighted by Gasteiger charge is 2.14. The molecule has 19 heavy (non-hydrogen) atoms. The van der Waals surface area contributed by atoms with E-state index in [2.05, 4.69) is 20.9 Å². The predicted octanol–water partition coefficient (Wildman–Crippen LogP) is 3.90. The third kappa shape index (κ3) is 3.05. The largest absolute Gasteiger partial charge is 0.389 e. The van der Waals surface area contributed by atoms with E-state index in [1.54, 1.807) is 12.3 Å². The van der Waals surface area contributed by atoms with Gasteiger partial charge in [0.25, 0.3) is 0 Å². The van der Waals surface area contributed by atoms with Crippen LogP contribution in [-0.4, -0.2) is 17.0 Å². The molecule has 0 spiro atoms. The molecule has 0 aliphatic rings. The van der Waals surface area contributed by atoms with E-state index in [0.717, 1.165) is 21.5 Å². The van der Waals surface area contributed by atoms with Crippen LogP contribution in [-0.2, 0) is 0 Å². The number of hydrogen-bond acceptors (Lipinski definition) is 3. The van der Waals surface area contributed by atoms with E-state index in [1.807, 2.05) is 36.2 Å². The van der Waals surface area contributed by atoms with Gasteiger partial charge < -0.3 is 10.6 Å². The third-order valence-corrected chi connectivity index (χ3v) is 3.65. The summed E-state index contributed by atoms with van der Waals surface area (Å²) < 4.78 is 0.806. The van der Waals surface area contributed by atoms with E-state index in [9.17, 15) is 0 Å². The first kappa shape index (κ1) is 14.2. The minimum atomic E-state index is 0.354. The van der Waals surface area contributed by atoms with E-state index < -0.39 is 0 Å². The average molecular weight is 357 g/mol. The maximum absolute atomic E-state index is 5.90. The van der Waals surface area contributed by atoms with Gasteiger partial charge in [0.2, 0.25) is 0 Å². The number of benzene rings is 1. The van der Waals surface area contributed by atoms with Gasteiger partial charge in [-0.15, -0.1) is 0 Å². The molecule has 0 aliphatic heterocycles. The number of thiocarbonyl (C=S) groups is 1. The number of rotatable bonds is 3. The Labute approximate surface area is 130 Å². The molecule has 0 fully saturated rings. The molecule has 1 heterocycles. The molecule has 0 unspecified atom stereocenters. The lowest BCUT2D eigenvalue weighted by Gasteiger charge is -2.22. The zero-order valence-corrected chi connectivity index (χ0v) is 13.3. The van der Waals surface area contributed by atoms with Gasteiger partial charge in [-0.3, -0.25) is 0 Å². The summed E-state index contributed by atoms with van der Waals surface area (Å²) in [5.41, 5.74) is 7.45. The van der Waals surface area contributed by atoms with Crippen LogP contribution in [0.4, 0.5) is 11.5 Å². The highest BCUT2D eigenvalue weighted by atomic mass is 79.9. The van der Waals surface area contributed by atoms with Gasteiger partial charge in [-0.1, -0.05) is 36.0 Å². The van der Waals surface area contributed by atoms with Gasteiger partial charge >= 0.3 is 0 Å². The molecule has 0 amide bonds. The molecule has 0 saturated carbocycles. The highest BCUT2D eigenvalue weighted by Crippen LogP contribution is 2.32. The molecule has 3 nitrogen and oxygen atoms in total. The van der Waals surface area contributed by atoms with Crippen molar-refractivity contribution in [3.63, 3.8) is 0 Å². The Morgan fingerprint density at radius 2 is 2.11 bits per heavy atom. The molecule has 0 atom stereocenters. The Balaban J connectivity index is 2.50. The number of nitrogens with zero attached hydrogens (tertiary/aromatic N) is 2. The minimum absolute atomic E-state index is 0.354. The van der Waals surface area contributed by atoms with Crippen molar-refractivity contribution in [3.8, 4) is 0 Å². The number of pyridine rings is 1. The fourth-order valence-electron chi connectivity index (χ4n) is 1.74. The number of anilines is 2. The van der Waals surface area contributed by atoms with E-state index >= 15 is 0 Å². The highest BCUT2D eigenvalue weighted by molar-refractivity contribution is 9.10. The molecule has 2 N–H and O–H groups in total. The van der Waals surface area contributed by atoms with Crippen LogP contribution in [0.3, 0.4) is 0 Å². The summed E-state index contributed by atoms with van der Waals surface area (Å²) >= 11 is 14.4. The Kier molecular flexibility index (Phi) is 4.39. The van der Waals surface area contributed by atoms with Crippen molar-refractivity contribution in [2.45, 2.75) is 0 Å². The van der Waals surface area contributed by atoms with Crippen molar-refractivity contribution < 1.29 is 0 Å². The third-order valence-electron chi connectivity index (χ3n) is 2.64. The molecule has 0 aliphatic carbocycles. The second-order valence-electron chi connectivity index (χ2n) is 3.90. The lowest BCUT2D eigenvalue weighted by molar-refractivity contribution is 1.11. The number of aromatic nitrogens is 1. The molecule has 6 heteroatoms. The first-order chi connectivity index (χ1) is 9.00. The maximum Gasteiger partial charge on any atom is 0.147 e. The van der Waals surface area contributed by atoms with E-state index in [4.69, 9.17) is 29.6 Å². The van der Waals surface area contributed by atoms with Crippen molar-refractivity contribution in [2.24, 2.45) is 5.73 Å². The van der Waals surface area contributed by atoms with Crippen LogP contribution in [0.2, 0.25) is 5.02 Å². The van der Waals surface area contributed by atoms with Crippen LogP contribution in [0.15, 0.2) is 41.0 Å². The summed E-state index contributed by atoms with van der Waals surface area (Å²) in [6, 6.07) is 9.45. The lowest BCUT2D eigenvalue weighted by atomic mass is 10.1. The summed E-state index contributed by atoms with van der Waals surface area (Å²) in [6.07, 6.45) is 1.60. The van der Waals surface area contributed by atoms with Gasteiger partial charge in [0, 0.05) is 18.8 Å². The van der Waals surface area contributed by atoms with Gasteiger partial charge in [0.15, 0.2) is 0 Å². The monoisotopic (exact) mass is 355 g/mol. The van der Waals surface area contributed by atoms with Crippen molar-refractivity contribution in [1.29, 1.82) is 0 Å². The zero-order valence-electron chi connectivity index (χ0n) is 10.1. The van der Waals surface area contributed by atoms with Crippen LogP contribution in [0, 0.1) is 0 Å². The topological polar surface area (TPSA) is 42.1 Å².